The lowest BCUT2D eigenvalue weighted by Gasteiger charge is -2.18. The Bertz CT molecular complexity index is 1670. The third-order valence-corrected chi connectivity index (χ3v) is 6.36. The van der Waals surface area contributed by atoms with Gasteiger partial charge in [0.05, 0.1) is 34.4 Å². The number of ketones is 1. The molecule has 1 aliphatic heterocycles. The van der Waals surface area contributed by atoms with Gasteiger partial charge in [0.15, 0.2) is 6.10 Å². The predicted octanol–water partition coefficient (Wildman–Crippen LogP) is 5.19. The van der Waals surface area contributed by atoms with Crippen molar-refractivity contribution in [3.8, 4) is 5.75 Å². The van der Waals surface area contributed by atoms with Crippen molar-refractivity contribution in [3.05, 3.63) is 135 Å². The van der Waals surface area contributed by atoms with Gasteiger partial charge < -0.3 is 9.47 Å². The minimum absolute atomic E-state index is 0.0266. The number of amides is 2. The number of rotatable bonds is 8. The Morgan fingerprint density at radius 1 is 0.800 bits per heavy atom. The molecule has 4 aromatic carbocycles. The summed E-state index contributed by atoms with van der Waals surface area (Å²) >= 11 is 0. The summed E-state index contributed by atoms with van der Waals surface area (Å²) in [6.45, 7) is 0. The predicted molar refractivity (Wildman–Crippen MR) is 143 cm³/mol. The number of fused-ring (bicyclic) bond motifs is 1. The minimum Gasteiger partial charge on any atom is -0.497 e. The molecule has 40 heavy (non-hydrogen) atoms. The SMILES string of the molecule is COc1ccc(C(=O)C(OC(=O)c2ccc3c(c2)C(=O)N(c2cccc([N+](=O)[O-])c2)C3=O)c2ccccc2)cc1. The number of nitrogens with zero attached hydrogens (tertiary/aromatic N) is 2. The van der Waals surface area contributed by atoms with Gasteiger partial charge in [0.25, 0.3) is 17.5 Å². The zero-order valence-electron chi connectivity index (χ0n) is 21.0. The summed E-state index contributed by atoms with van der Waals surface area (Å²) in [5, 5.41) is 11.2. The third kappa shape index (κ3) is 4.81. The summed E-state index contributed by atoms with van der Waals surface area (Å²) in [5.74, 6) is -2.22. The molecule has 1 atom stereocenters. The smallest absolute Gasteiger partial charge is 0.339 e. The molecule has 0 fully saturated rings. The number of carbonyl (C=O) groups is 4. The van der Waals surface area contributed by atoms with Crippen LogP contribution in [0.2, 0.25) is 0 Å². The molecule has 0 saturated carbocycles. The molecule has 2 amide bonds. The summed E-state index contributed by atoms with van der Waals surface area (Å²) in [7, 11) is 1.50. The van der Waals surface area contributed by atoms with Crippen LogP contribution in [0, 0.1) is 10.1 Å². The molecule has 1 aliphatic rings. The number of non-ortho nitro benzene ring substituents is 1. The van der Waals surface area contributed by atoms with Gasteiger partial charge in [-0.3, -0.25) is 24.5 Å². The number of hydrogen-bond acceptors (Lipinski definition) is 8. The fraction of sp³-hybridized carbons (Fsp3) is 0.0667. The lowest BCUT2D eigenvalue weighted by atomic mass is 9.99. The molecule has 1 heterocycles. The van der Waals surface area contributed by atoms with E-state index < -0.39 is 34.6 Å². The maximum Gasteiger partial charge on any atom is 0.339 e. The zero-order valence-corrected chi connectivity index (χ0v) is 21.0. The Balaban J connectivity index is 1.43. The second kappa shape index (κ2) is 10.6. The van der Waals surface area contributed by atoms with E-state index in [-0.39, 0.29) is 28.1 Å². The summed E-state index contributed by atoms with van der Waals surface area (Å²) in [6.07, 6.45) is -1.28. The molecule has 4 aromatic rings. The Labute approximate surface area is 227 Å². The first-order valence-electron chi connectivity index (χ1n) is 12.0. The molecule has 5 rings (SSSR count). The van der Waals surface area contributed by atoms with Gasteiger partial charge in [0.1, 0.15) is 5.75 Å². The number of nitro groups is 1. The van der Waals surface area contributed by atoms with Crippen molar-refractivity contribution in [2.75, 3.05) is 12.0 Å². The highest BCUT2D eigenvalue weighted by atomic mass is 16.6. The molecule has 0 N–H and O–H groups in total. The molecule has 10 heteroatoms. The van der Waals surface area contributed by atoms with Crippen LogP contribution in [0.15, 0.2) is 97.1 Å². The van der Waals surface area contributed by atoms with Crippen LogP contribution in [0.4, 0.5) is 11.4 Å². The van der Waals surface area contributed by atoms with Crippen LogP contribution in [0.25, 0.3) is 0 Å². The highest BCUT2D eigenvalue weighted by Gasteiger charge is 2.38. The van der Waals surface area contributed by atoms with Gasteiger partial charge in [0, 0.05) is 23.3 Å². The summed E-state index contributed by atoms with van der Waals surface area (Å²) in [5.41, 5.74) is 0.395. The van der Waals surface area contributed by atoms with Crippen LogP contribution in [-0.4, -0.2) is 35.6 Å². The van der Waals surface area contributed by atoms with E-state index in [4.69, 9.17) is 9.47 Å². The highest BCUT2D eigenvalue weighted by molar-refractivity contribution is 6.34. The number of imide groups is 1. The largest absolute Gasteiger partial charge is 0.497 e. The summed E-state index contributed by atoms with van der Waals surface area (Å²) < 4.78 is 10.8. The first-order valence-corrected chi connectivity index (χ1v) is 12.0. The maximum absolute atomic E-state index is 13.4. The number of benzene rings is 4. The van der Waals surface area contributed by atoms with Crippen molar-refractivity contribution in [2.45, 2.75) is 6.10 Å². The second-order valence-electron chi connectivity index (χ2n) is 8.77. The van der Waals surface area contributed by atoms with Crippen molar-refractivity contribution in [1.29, 1.82) is 0 Å². The fourth-order valence-corrected chi connectivity index (χ4v) is 4.33. The average molecular weight is 536 g/mol. The number of carbonyl (C=O) groups excluding carboxylic acids is 4. The number of hydrogen-bond donors (Lipinski definition) is 0. The van der Waals surface area contributed by atoms with Crippen LogP contribution < -0.4 is 9.64 Å². The lowest BCUT2D eigenvalue weighted by Crippen LogP contribution is -2.29. The Hall–Kier alpha value is -5.64. The molecule has 0 saturated heterocycles. The van der Waals surface area contributed by atoms with Crippen molar-refractivity contribution >= 4 is 34.9 Å². The van der Waals surface area contributed by atoms with E-state index >= 15 is 0 Å². The van der Waals surface area contributed by atoms with Gasteiger partial charge in [0.2, 0.25) is 5.78 Å². The van der Waals surface area contributed by atoms with Crippen molar-refractivity contribution in [1.82, 2.24) is 0 Å². The molecule has 0 radical (unpaired) electrons. The van der Waals surface area contributed by atoms with Crippen LogP contribution in [-0.2, 0) is 4.74 Å². The molecule has 0 spiro atoms. The van der Waals surface area contributed by atoms with Gasteiger partial charge in [-0.2, -0.15) is 0 Å². The quantitative estimate of drug-likeness (QED) is 0.0988. The monoisotopic (exact) mass is 536 g/mol. The minimum atomic E-state index is -1.28. The summed E-state index contributed by atoms with van der Waals surface area (Å²) in [4.78, 5) is 64.1. The van der Waals surface area contributed by atoms with Gasteiger partial charge in [-0.15, -0.1) is 0 Å². The standard InChI is InChI=1S/C30H20N2O8/c1-39-23-13-10-18(11-14-23)26(33)27(19-6-3-2-4-7-19)40-30(36)20-12-15-24-25(16-20)29(35)31(28(24)34)21-8-5-9-22(17-21)32(37)38/h2-17,27H,1H3. The van der Waals surface area contributed by atoms with Crippen molar-refractivity contribution in [2.24, 2.45) is 0 Å². The number of ether oxygens (including phenoxy) is 2. The molecular formula is C30H20N2O8. The Morgan fingerprint density at radius 2 is 1.48 bits per heavy atom. The fourth-order valence-electron chi connectivity index (χ4n) is 4.33. The van der Waals surface area contributed by atoms with E-state index in [0.717, 1.165) is 11.0 Å². The second-order valence-corrected chi connectivity index (χ2v) is 8.77. The van der Waals surface area contributed by atoms with Gasteiger partial charge in [-0.25, -0.2) is 9.69 Å². The molecule has 198 valence electrons. The topological polar surface area (TPSA) is 133 Å². The first-order chi connectivity index (χ1) is 19.3. The van der Waals surface area contributed by atoms with E-state index in [2.05, 4.69) is 0 Å². The molecule has 10 nitrogen and oxygen atoms in total. The van der Waals surface area contributed by atoms with E-state index in [1.54, 1.807) is 54.6 Å². The number of nitro benzene ring substituents is 1. The number of anilines is 1. The van der Waals surface area contributed by atoms with Crippen molar-refractivity contribution < 1.29 is 33.6 Å². The highest BCUT2D eigenvalue weighted by Crippen LogP contribution is 2.32. The van der Waals surface area contributed by atoms with Gasteiger partial charge in [-0.1, -0.05) is 36.4 Å². The zero-order chi connectivity index (χ0) is 28.4. The molecule has 0 aromatic heterocycles. The third-order valence-electron chi connectivity index (χ3n) is 6.36. The molecule has 0 bridgehead atoms. The first kappa shape index (κ1) is 26.0. The van der Waals surface area contributed by atoms with Gasteiger partial charge >= 0.3 is 5.97 Å². The van der Waals surface area contributed by atoms with E-state index in [1.165, 1.54) is 43.5 Å². The summed E-state index contributed by atoms with van der Waals surface area (Å²) in [6, 6.07) is 23.8. The molecule has 0 aliphatic carbocycles. The van der Waals surface area contributed by atoms with Crippen LogP contribution in [0.1, 0.15) is 53.1 Å². The van der Waals surface area contributed by atoms with E-state index in [0.29, 0.717) is 16.9 Å². The normalized spacial score (nSPS) is 13.0. The molecule has 1 unspecified atom stereocenters. The van der Waals surface area contributed by atoms with E-state index in [9.17, 15) is 29.3 Å². The maximum atomic E-state index is 13.4. The average Bonchev–Trinajstić information content (AvgIpc) is 3.24. The molecular weight excluding hydrogens is 516 g/mol. The van der Waals surface area contributed by atoms with E-state index in [1.807, 2.05) is 0 Å². The van der Waals surface area contributed by atoms with Gasteiger partial charge in [-0.05, 0) is 48.5 Å². The van der Waals surface area contributed by atoms with Crippen LogP contribution in [0.5, 0.6) is 5.75 Å². The van der Waals surface area contributed by atoms with Crippen molar-refractivity contribution in [3.63, 3.8) is 0 Å². The van der Waals surface area contributed by atoms with Crippen LogP contribution >= 0.6 is 0 Å². The Kier molecular flexibility index (Phi) is 6.90. The Morgan fingerprint density at radius 3 is 2.15 bits per heavy atom. The number of Topliss-reactive ketones (excluding diaryl/α,β-unsaturated/α-hetero) is 1. The number of esters is 1. The lowest BCUT2D eigenvalue weighted by molar-refractivity contribution is -0.384. The van der Waals surface area contributed by atoms with Crippen LogP contribution in [0.3, 0.4) is 0 Å². The number of methoxy groups -OCH3 is 1.